The van der Waals surface area contributed by atoms with E-state index in [1.54, 1.807) is 11.9 Å². The van der Waals surface area contributed by atoms with Crippen LogP contribution in [0.3, 0.4) is 0 Å². The third kappa shape index (κ3) is 2.91. The number of ether oxygens (including phenoxy) is 1. The molecule has 0 bridgehead atoms. The van der Waals surface area contributed by atoms with Crippen molar-refractivity contribution in [3.8, 4) is 0 Å². The van der Waals surface area contributed by atoms with Crippen molar-refractivity contribution in [3.63, 3.8) is 0 Å². The Kier molecular flexibility index (Phi) is 4.45. The smallest absolute Gasteiger partial charge is 0.229 e. The van der Waals surface area contributed by atoms with Crippen molar-refractivity contribution in [1.82, 2.24) is 4.90 Å². The minimum absolute atomic E-state index is 0.0115. The van der Waals surface area contributed by atoms with Crippen molar-refractivity contribution in [2.45, 2.75) is 19.0 Å². The van der Waals surface area contributed by atoms with Gasteiger partial charge < -0.3 is 15.4 Å². The molecule has 0 aromatic heterocycles. The van der Waals surface area contributed by atoms with Gasteiger partial charge in [-0.05, 0) is 18.6 Å². The van der Waals surface area contributed by atoms with Gasteiger partial charge in [-0.15, -0.1) is 0 Å². The molecule has 1 saturated heterocycles. The van der Waals surface area contributed by atoms with Gasteiger partial charge in [0.2, 0.25) is 5.91 Å². The van der Waals surface area contributed by atoms with E-state index < -0.39 is 0 Å². The summed E-state index contributed by atoms with van der Waals surface area (Å²) in [5, 5.41) is 0.668. The zero-order chi connectivity index (χ0) is 14.0. The molecule has 1 aromatic carbocycles. The molecule has 0 saturated carbocycles. The summed E-state index contributed by atoms with van der Waals surface area (Å²) in [6.45, 7) is 2.81. The first-order valence-electron chi connectivity index (χ1n) is 6.36. The van der Waals surface area contributed by atoms with E-state index in [0.29, 0.717) is 18.2 Å². The number of amides is 1. The van der Waals surface area contributed by atoms with Crippen LogP contribution in [0.2, 0.25) is 5.02 Å². The molecule has 1 heterocycles. The van der Waals surface area contributed by atoms with Gasteiger partial charge in [0.1, 0.15) is 0 Å². The maximum absolute atomic E-state index is 12.4. The Bertz CT molecular complexity index is 467. The van der Waals surface area contributed by atoms with E-state index in [1.165, 1.54) is 0 Å². The third-order valence-electron chi connectivity index (χ3n) is 3.73. The fraction of sp³-hybridized carbons (Fsp3) is 0.500. The van der Waals surface area contributed by atoms with Crippen molar-refractivity contribution >= 4 is 17.5 Å². The van der Waals surface area contributed by atoms with Gasteiger partial charge in [0.25, 0.3) is 0 Å². The number of hydrogen-bond acceptors (Lipinski definition) is 3. The number of carbonyl (C=O) groups excluding carboxylic acids is 1. The standard InChI is InChI=1S/C14H19ClN2O2/c1-9(10-5-3-4-6-12(10)15)17(2)14(18)11-7-19-8-13(11)16/h3-6,9,11,13H,7-8,16H2,1-2H3. The zero-order valence-corrected chi connectivity index (χ0v) is 11.9. The van der Waals surface area contributed by atoms with E-state index in [-0.39, 0.29) is 23.9 Å². The molecule has 1 fully saturated rings. The molecular weight excluding hydrogens is 264 g/mol. The molecule has 3 unspecified atom stereocenters. The third-order valence-corrected chi connectivity index (χ3v) is 4.07. The normalized spacial score (nSPS) is 24.2. The molecule has 1 aliphatic rings. The molecule has 3 atom stereocenters. The number of benzene rings is 1. The van der Waals surface area contributed by atoms with Gasteiger partial charge in [-0.2, -0.15) is 0 Å². The Hall–Kier alpha value is -1.10. The second-order valence-electron chi connectivity index (χ2n) is 4.95. The van der Waals surface area contributed by atoms with Gasteiger partial charge in [-0.25, -0.2) is 0 Å². The van der Waals surface area contributed by atoms with Crippen LogP contribution in [-0.4, -0.2) is 37.1 Å². The maximum atomic E-state index is 12.4. The van der Waals surface area contributed by atoms with Crippen molar-refractivity contribution < 1.29 is 9.53 Å². The molecule has 1 aromatic rings. The summed E-state index contributed by atoms with van der Waals surface area (Å²) in [6.07, 6.45) is 0. The summed E-state index contributed by atoms with van der Waals surface area (Å²) in [5.74, 6) is -0.243. The van der Waals surface area contributed by atoms with Crippen molar-refractivity contribution in [2.75, 3.05) is 20.3 Å². The maximum Gasteiger partial charge on any atom is 0.229 e. The van der Waals surface area contributed by atoms with Crippen LogP contribution < -0.4 is 5.73 Å². The first-order valence-corrected chi connectivity index (χ1v) is 6.74. The Labute approximate surface area is 118 Å². The van der Waals surface area contributed by atoms with E-state index in [1.807, 2.05) is 31.2 Å². The predicted octanol–water partition coefficient (Wildman–Crippen LogP) is 1.83. The summed E-state index contributed by atoms with van der Waals surface area (Å²) >= 11 is 6.17. The zero-order valence-electron chi connectivity index (χ0n) is 11.2. The lowest BCUT2D eigenvalue weighted by Crippen LogP contribution is -2.42. The van der Waals surface area contributed by atoms with Crippen molar-refractivity contribution in [2.24, 2.45) is 11.7 Å². The molecule has 4 nitrogen and oxygen atoms in total. The van der Waals surface area contributed by atoms with E-state index >= 15 is 0 Å². The predicted molar refractivity (Wildman–Crippen MR) is 74.9 cm³/mol. The minimum atomic E-state index is -0.255. The molecule has 0 radical (unpaired) electrons. The molecule has 5 heteroatoms. The molecule has 0 aliphatic carbocycles. The van der Waals surface area contributed by atoms with Crippen LogP contribution in [0, 0.1) is 5.92 Å². The van der Waals surface area contributed by atoms with E-state index in [4.69, 9.17) is 22.1 Å². The average molecular weight is 283 g/mol. The van der Waals surface area contributed by atoms with Gasteiger partial charge >= 0.3 is 0 Å². The highest BCUT2D eigenvalue weighted by molar-refractivity contribution is 6.31. The summed E-state index contributed by atoms with van der Waals surface area (Å²) < 4.78 is 5.25. The first kappa shape index (κ1) is 14.3. The summed E-state index contributed by atoms with van der Waals surface area (Å²) in [5.41, 5.74) is 6.83. The van der Waals surface area contributed by atoms with Gasteiger partial charge in [0.15, 0.2) is 0 Å². The van der Waals surface area contributed by atoms with Crippen LogP contribution in [0.25, 0.3) is 0 Å². The number of hydrogen-bond donors (Lipinski definition) is 1. The monoisotopic (exact) mass is 282 g/mol. The van der Waals surface area contributed by atoms with Gasteiger partial charge in [0, 0.05) is 18.1 Å². The fourth-order valence-corrected chi connectivity index (χ4v) is 2.59. The van der Waals surface area contributed by atoms with Crippen molar-refractivity contribution in [1.29, 1.82) is 0 Å². The van der Waals surface area contributed by atoms with Gasteiger partial charge in [0.05, 0.1) is 25.2 Å². The molecule has 1 amide bonds. The molecule has 2 N–H and O–H groups in total. The molecule has 1 aliphatic heterocycles. The summed E-state index contributed by atoms with van der Waals surface area (Å²) in [6, 6.07) is 7.25. The Morgan fingerprint density at radius 1 is 1.47 bits per heavy atom. The highest BCUT2D eigenvalue weighted by Gasteiger charge is 2.34. The minimum Gasteiger partial charge on any atom is -0.379 e. The van der Waals surface area contributed by atoms with Crippen LogP contribution in [0.15, 0.2) is 24.3 Å². The summed E-state index contributed by atoms with van der Waals surface area (Å²) in [4.78, 5) is 14.1. The van der Waals surface area contributed by atoms with Gasteiger partial charge in [-0.3, -0.25) is 4.79 Å². The fourth-order valence-electron chi connectivity index (χ4n) is 2.30. The Balaban J connectivity index is 2.13. The van der Waals surface area contributed by atoms with Crippen molar-refractivity contribution in [3.05, 3.63) is 34.9 Å². The number of rotatable bonds is 3. The number of nitrogens with two attached hydrogens (primary N) is 1. The highest BCUT2D eigenvalue weighted by Crippen LogP contribution is 2.28. The van der Waals surface area contributed by atoms with E-state index in [0.717, 1.165) is 5.56 Å². The summed E-state index contributed by atoms with van der Waals surface area (Å²) in [7, 11) is 1.78. The van der Waals surface area contributed by atoms with Crippen LogP contribution in [0.4, 0.5) is 0 Å². The molecule has 2 rings (SSSR count). The lowest BCUT2D eigenvalue weighted by Gasteiger charge is -2.29. The molecule has 0 spiro atoms. The number of carbonyl (C=O) groups is 1. The Morgan fingerprint density at radius 2 is 2.16 bits per heavy atom. The largest absolute Gasteiger partial charge is 0.379 e. The van der Waals surface area contributed by atoms with Crippen LogP contribution in [0.5, 0.6) is 0 Å². The van der Waals surface area contributed by atoms with Crippen LogP contribution in [-0.2, 0) is 9.53 Å². The molecular formula is C14H19ClN2O2. The SMILES string of the molecule is CC(c1ccccc1Cl)N(C)C(=O)C1COCC1N. The number of nitrogens with zero attached hydrogens (tertiary/aromatic N) is 1. The average Bonchev–Trinajstić information content (AvgIpc) is 2.83. The quantitative estimate of drug-likeness (QED) is 0.920. The lowest BCUT2D eigenvalue weighted by atomic mass is 10.0. The highest BCUT2D eigenvalue weighted by atomic mass is 35.5. The molecule has 104 valence electrons. The Morgan fingerprint density at radius 3 is 2.74 bits per heavy atom. The van der Waals surface area contributed by atoms with Gasteiger partial charge in [-0.1, -0.05) is 29.8 Å². The topological polar surface area (TPSA) is 55.6 Å². The second-order valence-corrected chi connectivity index (χ2v) is 5.36. The van der Waals surface area contributed by atoms with E-state index in [9.17, 15) is 4.79 Å². The van der Waals surface area contributed by atoms with Crippen LogP contribution >= 0.6 is 11.6 Å². The lowest BCUT2D eigenvalue weighted by molar-refractivity contribution is -0.136. The van der Waals surface area contributed by atoms with Crippen LogP contribution in [0.1, 0.15) is 18.5 Å². The second kappa shape index (κ2) is 5.90. The van der Waals surface area contributed by atoms with E-state index in [2.05, 4.69) is 0 Å². The molecule has 19 heavy (non-hydrogen) atoms. The first-order chi connectivity index (χ1) is 9.02. The number of halogens is 1.